The Morgan fingerprint density at radius 3 is 2.75 bits per heavy atom. The fourth-order valence-corrected chi connectivity index (χ4v) is 2.25. The molecule has 2 aromatic heterocycles. The van der Waals surface area contributed by atoms with Gasteiger partial charge in [0.05, 0.1) is 19.0 Å². The zero-order valence-electron chi connectivity index (χ0n) is 13.6. The largest absolute Gasteiger partial charge is 0.465 e. The molecule has 7 heteroatoms. The zero-order chi connectivity index (χ0) is 17.1. The Morgan fingerprint density at radius 2 is 2.00 bits per heavy atom. The molecule has 0 bridgehead atoms. The number of rotatable bonds is 4. The molecular weight excluding hydrogens is 308 g/mol. The van der Waals surface area contributed by atoms with Crippen LogP contribution >= 0.6 is 0 Å². The number of nitrogens with zero attached hydrogens (tertiary/aromatic N) is 4. The summed E-state index contributed by atoms with van der Waals surface area (Å²) in [5.74, 6) is 1.14. The number of hydrogen-bond acceptors (Lipinski definition) is 6. The maximum absolute atomic E-state index is 11.7. The molecule has 0 aliphatic rings. The Hall–Kier alpha value is -3.22. The van der Waals surface area contributed by atoms with Crippen LogP contribution in [0.1, 0.15) is 21.6 Å². The van der Waals surface area contributed by atoms with Crippen LogP contribution in [-0.4, -0.2) is 32.8 Å². The number of ether oxygens (including phenoxy) is 2. The number of benzene rings is 1. The third-order valence-corrected chi connectivity index (χ3v) is 3.47. The van der Waals surface area contributed by atoms with Gasteiger partial charge in [0.15, 0.2) is 5.82 Å². The molecular formula is C17H16N4O3. The van der Waals surface area contributed by atoms with E-state index in [4.69, 9.17) is 9.47 Å². The molecule has 0 amide bonds. The number of carbonyl (C=O) groups is 1. The van der Waals surface area contributed by atoms with E-state index in [2.05, 4.69) is 15.1 Å². The van der Waals surface area contributed by atoms with Gasteiger partial charge in [0.1, 0.15) is 17.6 Å². The second-order valence-electron chi connectivity index (χ2n) is 5.18. The summed E-state index contributed by atoms with van der Waals surface area (Å²) in [6, 6.07) is 9.32. The minimum absolute atomic E-state index is 0.386. The van der Waals surface area contributed by atoms with Crippen LogP contribution in [0.15, 0.2) is 42.9 Å². The monoisotopic (exact) mass is 324 g/mol. The highest BCUT2D eigenvalue weighted by atomic mass is 16.5. The Kier molecular flexibility index (Phi) is 4.24. The summed E-state index contributed by atoms with van der Waals surface area (Å²) in [7, 11) is 1.33. The number of methoxy groups -OCH3 is 1. The first-order valence-corrected chi connectivity index (χ1v) is 7.28. The predicted octanol–water partition coefficient (Wildman–Crippen LogP) is 2.86. The van der Waals surface area contributed by atoms with Gasteiger partial charge in [-0.2, -0.15) is 5.10 Å². The van der Waals surface area contributed by atoms with Gasteiger partial charge in [-0.15, -0.1) is 0 Å². The molecule has 2 heterocycles. The van der Waals surface area contributed by atoms with Crippen molar-refractivity contribution in [3.63, 3.8) is 0 Å². The lowest BCUT2D eigenvalue weighted by Gasteiger charge is -2.08. The van der Waals surface area contributed by atoms with Gasteiger partial charge in [0, 0.05) is 6.07 Å². The number of aromatic nitrogens is 4. The second-order valence-corrected chi connectivity index (χ2v) is 5.18. The first kappa shape index (κ1) is 15.7. The molecule has 3 rings (SSSR count). The molecule has 0 aliphatic heterocycles. The highest BCUT2D eigenvalue weighted by Gasteiger charge is 2.16. The Balaban J connectivity index is 1.91. The molecule has 0 aliphatic carbocycles. The first-order chi connectivity index (χ1) is 11.6. The number of carbonyl (C=O) groups excluding carboxylic acids is 1. The minimum atomic E-state index is -0.441. The summed E-state index contributed by atoms with van der Waals surface area (Å²) in [6.07, 6.45) is 2.84. The van der Waals surface area contributed by atoms with E-state index in [0.717, 1.165) is 5.56 Å². The van der Waals surface area contributed by atoms with Crippen molar-refractivity contribution in [3.05, 3.63) is 59.7 Å². The summed E-state index contributed by atoms with van der Waals surface area (Å²) in [6.45, 7) is 3.75. The molecule has 1 aromatic carbocycles. The lowest BCUT2D eigenvalue weighted by molar-refractivity contribution is 0.0600. The van der Waals surface area contributed by atoms with Gasteiger partial charge in [-0.3, -0.25) is 0 Å². The average Bonchev–Trinajstić information content (AvgIpc) is 2.96. The second kappa shape index (κ2) is 6.49. The van der Waals surface area contributed by atoms with Crippen molar-refractivity contribution in [2.24, 2.45) is 0 Å². The predicted molar refractivity (Wildman–Crippen MR) is 86.5 cm³/mol. The van der Waals surface area contributed by atoms with Crippen LogP contribution in [0.2, 0.25) is 0 Å². The maximum Gasteiger partial charge on any atom is 0.341 e. The van der Waals surface area contributed by atoms with Crippen LogP contribution in [0.5, 0.6) is 11.6 Å². The van der Waals surface area contributed by atoms with E-state index in [0.29, 0.717) is 28.7 Å². The average molecular weight is 324 g/mol. The van der Waals surface area contributed by atoms with Crippen molar-refractivity contribution in [3.8, 4) is 17.4 Å². The van der Waals surface area contributed by atoms with Gasteiger partial charge in [-0.05, 0) is 31.5 Å². The van der Waals surface area contributed by atoms with Crippen LogP contribution < -0.4 is 4.74 Å². The van der Waals surface area contributed by atoms with Gasteiger partial charge >= 0.3 is 5.97 Å². The normalized spacial score (nSPS) is 10.5. The van der Waals surface area contributed by atoms with Gasteiger partial charge < -0.3 is 9.47 Å². The summed E-state index contributed by atoms with van der Waals surface area (Å²) in [5, 5.41) is 4.19. The molecule has 0 atom stereocenters. The van der Waals surface area contributed by atoms with Gasteiger partial charge in [0.2, 0.25) is 5.88 Å². The molecule has 0 saturated carbocycles. The topological polar surface area (TPSA) is 79.1 Å². The van der Waals surface area contributed by atoms with E-state index in [9.17, 15) is 4.79 Å². The Bertz CT molecular complexity index is 889. The smallest absolute Gasteiger partial charge is 0.341 e. The summed E-state index contributed by atoms with van der Waals surface area (Å²) in [5.41, 5.74) is 2.10. The van der Waals surface area contributed by atoms with Crippen LogP contribution in [0.25, 0.3) is 5.82 Å². The Labute approximate surface area is 138 Å². The molecule has 7 nitrogen and oxygen atoms in total. The van der Waals surface area contributed by atoms with Crippen LogP contribution in [0.4, 0.5) is 0 Å². The number of hydrogen-bond donors (Lipinski definition) is 0. The van der Waals surface area contributed by atoms with Crippen molar-refractivity contribution in [1.29, 1.82) is 0 Å². The van der Waals surface area contributed by atoms with Crippen molar-refractivity contribution >= 4 is 5.97 Å². The SMILES string of the molecule is COC(=O)c1cnn(-c2cc(Oc3cccc(C)c3)ncn2)c1C. The molecule has 0 unspecified atom stereocenters. The van der Waals surface area contributed by atoms with Crippen molar-refractivity contribution in [1.82, 2.24) is 19.7 Å². The lowest BCUT2D eigenvalue weighted by Crippen LogP contribution is -2.06. The van der Waals surface area contributed by atoms with E-state index in [1.54, 1.807) is 13.0 Å². The third kappa shape index (κ3) is 3.10. The summed E-state index contributed by atoms with van der Waals surface area (Å²) >= 11 is 0. The van der Waals surface area contributed by atoms with Crippen LogP contribution in [0.3, 0.4) is 0 Å². The third-order valence-electron chi connectivity index (χ3n) is 3.47. The molecule has 122 valence electrons. The molecule has 0 saturated heterocycles. The van der Waals surface area contributed by atoms with Gasteiger partial charge in [-0.1, -0.05) is 12.1 Å². The molecule has 0 fully saturated rings. The zero-order valence-corrected chi connectivity index (χ0v) is 13.6. The van der Waals surface area contributed by atoms with Crippen LogP contribution in [-0.2, 0) is 4.74 Å². The maximum atomic E-state index is 11.7. The first-order valence-electron chi connectivity index (χ1n) is 7.28. The van der Waals surface area contributed by atoms with E-state index >= 15 is 0 Å². The molecule has 0 N–H and O–H groups in total. The standard InChI is InChI=1S/C17H16N4O3/c1-11-5-4-6-13(7-11)24-16-8-15(18-10-19-16)21-12(2)14(9-20-21)17(22)23-3/h4-10H,1-3H3. The molecule has 0 spiro atoms. The minimum Gasteiger partial charge on any atom is -0.465 e. The van der Waals surface area contributed by atoms with E-state index < -0.39 is 5.97 Å². The fourth-order valence-electron chi connectivity index (χ4n) is 2.25. The van der Waals surface area contributed by atoms with Crippen molar-refractivity contribution in [2.45, 2.75) is 13.8 Å². The molecule has 0 radical (unpaired) electrons. The molecule has 3 aromatic rings. The highest BCUT2D eigenvalue weighted by molar-refractivity contribution is 5.90. The number of esters is 1. The van der Waals surface area contributed by atoms with Crippen molar-refractivity contribution < 1.29 is 14.3 Å². The molecule has 24 heavy (non-hydrogen) atoms. The van der Waals surface area contributed by atoms with E-state index in [-0.39, 0.29) is 0 Å². The van der Waals surface area contributed by atoms with E-state index in [1.165, 1.54) is 24.3 Å². The van der Waals surface area contributed by atoms with E-state index in [1.807, 2.05) is 31.2 Å². The van der Waals surface area contributed by atoms with Crippen molar-refractivity contribution in [2.75, 3.05) is 7.11 Å². The Morgan fingerprint density at radius 1 is 1.17 bits per heavy atom. The summed E-state index contributed by atoms with van der Waals surface area (Å²) in [4.78, 5) is 20.0. The highest BCUT2D eigenvalue weighted by Crippen LogP contribution is 2.22. The number of aryl methyl sites for hydroxylation is 1. The fraction of sp³-hybridized carbons (Fsp3) is 0.176. The summed E-state index contributed by atoms with van der Waals surface area (Å²) < 4.78 is 12.0. The van der Waals surface area contributed by atoms with Crippen LogP contribution in [0, 0.1) is 13.8 Å². The lowest BCUT2D eigenvalue weighted by atomic mass is 10.2. The van der Waals surface area contributed by atoms with Gasteiger partial charge in [-0.25, -0.2) is 19.4 Å². The quantitative estimate of drug-likeness (QED) is 0.687. The van der Waals surface area contributed by atoms with Gasteiger partial charge in [0.25, 0.3) is 0 Å².